The van der Waals surface area contributed by atoms with Crippen molar-refractivity contribution >= 4 is 23.5 Å². The number of thioether (sulfide) groups is 2. The molecule has 0 aromatic carbocycles. The Morgan fingerprint density at radius 2 is 2.29 bits per heavy atom. The van der Waals surface area contributed by atoms with E-state index < -0.39 is 0 Å². The van der Waals surface area contributed by atoms with E-state index >= 15 is 0 Å². The zero-order valence-electron chi connectivity index (χ0n) is 8.15. The minimum absolute atomic E-state index is 0.155. The van der Waals surface area contributed by atoms with Gasteiger partial charge in [-0.1, -0.05) is 0 Å². The van der Waals surface area contributed by atoms with Gasteiger partial charge in [0.1, 0.15) is 0 Å². The maximum atomic E-state index is 9.52. The van der Waals surface area contributed by atoms with Crippen molar-refractivity contribution in [2.75, 3.05) is 37.0 Å². The van der Waals surface area contributed by atoms with E-state index in [1.54, 1.807) is 0 Å². The average molecular weight is 235 g/mol. The second kappa shape index (κ2) is 5.61. The monoisotopic (exact) mass is 235 g/mol. The largest absolute Gasteiger partial charge is 0.389 e. The van der Waals surface area contributed by atoms with Gasteiger partial charge < -0.3 is 15.2 Å². The maximum Gasteiger partial charge on any atom is 0.0948 e. The van der Waals surface area contributed by atoms with Gasteiger partial charge >= 0.3 is 0 Å². The van der Waals surface area contributed by atoms with Gasteiger partial charge in [-0.2, -0.15) is 23.5 Å². The fourth-order valence-electron chi connectivity index (χ4n) is 1.68. The third-order valence-electron chi connectivity index (χ3n) is 2.54. The molecule has 3 nitrogen and oxygen atoms in total. The van der Waals surface area contributed by atoms with Gasteiger partial charge in [0.05, 0.1) is 25.4 Å². The number of hydrogen-bond acceptors (Lipinski definition) is 5. The summed E-state index contributed by atoms with van der Waals surface area (Å²) in [4.78, 5) is 0. The Bertz CT molecular complexity index is 176. The number of hydrogen-bond donors (Lipinski definition) is 2. The molecule has 2 heterocycles. The van der Waals surface area contributed by atoms with Crippen LogP contribution in [0.1, 0.15) is 0 Å². The summed E-state index contributed by atoms with van der Waals surface area (Å²) in [6.45, 7) is 2.15. The Labute approximate surface area is 93.4 Å². The van der Waals surface area contributed by atoms with Crippen LogP contribution in [0.2, 0.25) is 0 Å². The van der Waals surface area contributed by atoms with E-state index in [1.165, 1.54) is 17.3 Å². The minimum Gasteiger partial charge on any atom is -0.389 e. The fraction of sp³-hybridized carbons (Fsp3) is 1.00. The smallest absolute Gasteiger partial charge is 0.0948 e. The van der Waals surface area contributed by atoms with Crippen molar-refractivity contribution in [2.24, 2.45) is 0 Å². The quantitative estimate of drug-likeness (QED) is 0.731. The Balaban J connectivity index is 1.65. The lowest BCUT2D eigenvalue weighted by molar-refractivity contribution is 0.122. The first kappa shape index (κ1) is 11.1. The second-order valence-corrected chi connectivity index (χ2v) is 6.25. The first-order chi connectivity index (χ1) is 6.86. The zero-order valence-corrected chi connectivity index (χ0v) is 9.78. The van der Waals surface area contributed by atoms with Gasteiger partial charge in [0, 0.05) is 29.1 Å². The number of aliphatic hydroxyl groups excluding tert-OH is 1. The van der Waals surface area contributed by atoms with Crippen molar-refractivity contribution in [3.8, 4) is 0 Å². The van der Waals surface area contributed by atoms with Crippen LogP contribution in [0.4, 0.5) is 0 Å². The van der Waals surface area contributed by atoms with Crippen molar-refractivity contribution in [1.29, 1.82) is 0 Å². The molecular weight excluding hydrogens is 218 g/mol. The molecule has 0 bridgehead atoms. The molecule has 2 saturated heterocycles. The molecule has 2 aliphatic rings. The molecule has 2 rings (SSSR count). The molecule has 3 atom stereocenters. The van der Waals surface area contributed by atoms with Gasteiger partial charge in [-0.25, -0.2) is 0 Å². The topological polar surface area (TPSA) is 41.5 Å². The van der Waals surface area contributed by atoms with Crippen molar-refractivity contribution in [3.63, 3.8) is 0 Å². The Hall–Kier alpha value is 0.580. The van der Waals surface area contributed by atoms with Crippen LogP contribution in [0.15, 0.2) is 0 Å². The molecular formula is C9H17NO2S2. The predicted octanol–water partition coefficient (Wildman–Crippen LogP) is 0.184. The molecule has 0 aliphatic carbocycles. The summed E-state index contributed by atoms with van der Waals surface area (Å²) in [5.74, 6) is 3.79. The Kier molecular flexibility index (Phi) is 4.44. The van der Waals surface area contributed by atoms with Gasteiger partial charge in [-0.3, -0.25) is 0 Å². The third kappa shape index (κ3) is 3.03. The molecule has 5 heteroatoms. The van der Waals surface area contributed by atoms with Gasteiger partial charge in [-0.05, 0) is 0 Å². The molecule has 2 fully saturated rings. The summed E-state index contributed by atoms with van der Waals surface area (Å²) < 4.78 is 5.18. The lowest BCUT2D eigenvalue weighted by Crippen LogP contribution is -2.42. The molecule has 0 amide bonds. The third-order valence-corrected chi connectivity index (χ3v) is 5.39. The highest BCUT2D eigenvalue weighted by molar-refractivity contribution is 8.06. The molecule has 14 heavy (non-hydrogen) atoms. The predicted molar refractivity (Wildman–Crippen MR) is 62.2 cm³/mol. The van der Waals surface area contributed by atoms with E-state index in [0.29, 0.717) is 18.5 Å². The highest BCUT2D eigenvalue weighted by Crippen LogP contribution is 2.23. The van der Waals surface area contributed by atoms with Crippen molar-refractivity contribution in [3.05, 3.63) is 0 Å². The molecule has 0 aromatic rings. The molecule has 0 aromatic heterocycles. The van der Waals surface area contributed by atoms with Crippen molar-refractivity contribution in [2.45, 2.75) is 17.4 Å². The summed E-state index contributed by atoms with van der Waals surface area (Å²) in [5.41, 5.74) is 0. The molecule has 2 N–H and O–H groups in total. The van der Waals surface area contributed by atoms with Crippen LogP contribution in [0.25, 0.3) is 0 Å². The summed E-state index contributed by atoms with van der Waals surface area (Å²) in [7, 11) is 0. The van der Waals surface area contributed by atoms with Crippen LogP contribution >= 0.6 is 23.5 Å². The van der Waals surface area contributed by atoms with Crippen molar-refractivity contribution in [1.82, 2.24) is 5.32 Å². The van der Waals surface area contributed by atoms with Crippen LogP contribution < -0.4 is 5.32 Å². The summed E-state index contributed by atoms with van der Waals surface area (Å²) in [6, 6.07) is 0.155. The van der Waals surface area contributed by atoms with Crippen LogP contribution in [0.5, 0.6) is 0 Å². The van der Waals surface area contributed by atoms with E-state index in [-0.39, 0.29) is 12.1 Å². The van der Waals surface area contributed by atoms with Gasteiger partial charge in [-0.15, -0.1) is 0 Å². The lowest BCUT2D eigenvalue weighted by Gasteiger charge is -2.23. The van der Waals surface area contributed by atoms with E-state index in [0.717, 1.165) is 6.54 Å². The molecule has 82 valence electrons. The minimum atomic E-state index is -0.309. The van der Waals surface area contributed by atoms with Gasteiger partial charge in [0.15, 0.2) is 0 Å². The normalized spacial score (nSPS) is 38.8. The molecule has 0 saturated carbocycles. The maximum absolute atomic E-state index is 9.52. The fourth-order valence-corrected chi connectivity index (χ4v) is 4.30. The SMILES string of the molecule is OC1COCC1NCC1CSCCS1. The highest BCUT2D eigenvalue weighted by Gasteiger charge is 2.26. The van der Waals surface area contributed by atoms with E-state index in [1.807, 2.05) is 23.5 Å². The van der Waals surface area contributed by atoms with E-state index in [9.17, 15) is 5.11 Å². The van der Waals surface area contributed by atoms with E-state index in [4.69, 9.17) is 4.74 Å². The van der Waals surface area contributed by atoms with Crippen LogP contribution in [-0.4, -0.2) is 59.5 Å². The van der Waals surface area contributed by atoms with Gasteiger partial charge in [0.2, 0.25) is 0 Å². The second-order valence-electron chi connectivity index (χ2n) is 3.69. The Morgan fingerprint density at radius 3 is 2.93 bits per heavy atom. The lowest BCUT2D eigenvalue weighted by atomic mass is 10.2. The molecule has 0 spiro atoms. The van der Waals surface area contributed by atoms with Gasteiger partial charge in [0.25, 0.3) is 0 Å². The molecule has 3 unspecified atom stereocenters. The summed E-state index contributed by atoms with van der Waals surface area (Å²) >= 11 is 4.07. The van der Waals surface area contributed by atoms with Crippen LogP contribution in [-0.2, 0) is 4.74 Å². The number of ether oxygens (including phenoxy) is 1. The number of rotatable bonds is 3. The highest BCUT2D eigenvalue weighted by atomic mass is 32.2. The van der Waals surface area contributed by atoms with Crippen molar-refractivity contribution < 1.29 is 9.84 Å². The zero-order chi connectivity index (χ0) is 9.80. The number of aliphatic hydroxyl groups is 1. The average Bonchev–Trinajstić information content (AvgIpc) is 2.63. The summed E-state index contributed by atoms with van der Waals surface area (Å²) in [6.07, 6.45) is -0.309. The molecule has 0 radical (unpaired) electrons. The standard InChI is InChI=1S/C9H17NO2S2/c11-9-5-12-4-8(9)10-3-7-6-13-1-2-14-7/h7-11H,1-6H2. The van der Waals surface area contributed by atoms with E-state index in [2.05, 4.69) is 5.32 Å². The first-order valence-corrected chi connectivity index (χ1v) is 7.25. The number of nitrogens with one attached hydrogen (secondary N) is 1. The molecule has 2 aliphatic heterocycles. The Morgan fingerprint density at radius 1 is 1.36 bits per heavy atom. The van der Waals surface area contributed by atoms with Crippen LogP contribution in [0, 0.1) is 0 Å². The first-order valence-electron chi connectivity index (χ1n) is 5.05. The van der Waals surface area contributed by atoms with Crippen LogP contribution in [0.3, 0.4) is 0 Å². The summed E-state index contributed by atoms with van der Waals surface area (Å²) in [5, 5.41) is 13.6.